The van der Waals surface area contributed by atoms with Crippen molar-refractivity contribution in [2.75, 3.05) is 0 Å². The summed E-state index contributed by atoms with van der Waals surface area (Å²) in [6.45, 7) is 3.77. The molecule has 0 spiro atoms. The Morgan fingerprint density at radius 3 is 2.79 bits per heavy atom. The summed E-state index contributed by atoms with van der Waals surface area (Å²) >= 11 is 0. The van der Waals surface area contributed by atoms with E-state index in [0.29, 0.717) is 6.42 Å². The van der Waals surface area contributed by atoms with E-state index in [1.165, 1.54) is 18.2 Å². The van der Waals surface area contributed by atoms with Crippen LogP contribution in [0.15, 0.2) is 24.0 Å². The smallest absolute Gasteiger partial charge is 0.310 e. The highest BCUT2D eigenvalue weighted by Crippen LogP contribution is 2.54. The number of halogens is 2. The van der Waals surface area contributed by atoms with E-state index >= 15 is 0 Å². The van der Waals surface area contributed by atoms with E-state index in [-0.39, 0.29) is 31.6 Å². The zero-order chi connectivity index (χ0) is 21.6. The van der Waals surface area contributed by atoms with Gasteiger partial charge < -0.3 is 20.1 Å². The molecule has 0 radical (unpaired) electrons. The third-order valence-electron chi connectivity index (χ3n) is 5.52. The Hall–Kier alpha value is -1.91. The molecular formula is C22H30F2O5. The van der Waals surface area contributed by atoms with Gasteiger partial charge in [0.25, 0.3) is 0 Å². The van der Waals surface area contributed by atoms with E-state index < -0.39 is 47.8 Å². The average Bonchev–Trinajstić information content (AvgIpc) is 3.09. The Bertz CT molecular complexity index is 691. The molecular weight excluding hydrogens is 382 g/mol. The maximum atomic E-state index is 14.9. The number of aliphatic carboxylic acids is 1. The molecule has 29 heavy (non-hydrogen) atoms. The minimum Gasteiger partial charge on any atom is -0.488 e. The lowest BCUT2D eigenvalue weighted by molar-refractivity contribution is -0.137. The van der Waals surface area contributed by atoms with E-state index in [1.54, 1.807) is 0 Å². The van der Waals surface area contributed by atoms with E-state index in [1.807, 2.05) is 13.8 Å². The summed E-state index contributed by atoms with van der Waals surface area (Å²) in [5.41, 5.74) is 0. The number of aliphatic hydroxyl groups is 2. The number of ether oxygens (including phenoxy) is 1. The van der Waals surface area contributed by atoms with Gasteiger partial charge in [0, 0.05) is 31.6 Å². The number of hydrogen-bond donors (Lipinski definition) is 3. The lowest BCUT2D eigenvalue weighted by Gasteiger charge is -2.23. The normalized spacial score (nSPS) is 31.2. The van der Waals surface area contributed by atoms with Crippen molar-refractivity contribution in [3.8, 4) is 11.8 Å². The molecule has 1 aliphatic carbocycles. The predicted molar refractivity (Wildman–Crippen MR) is 104 cm³/mol. The molecule has 1 saturated heterocycles. The van der Waals surface area contributed by atoms with Gasteiger partial charge in [0.05, 0.1) is 18.1 Å². The van der Waals surface area contributed by atoms with Crippen LogP contribution in [0.2, 0.25) is 0 Å². The van der Waals surface area contributed by atoms with Gasteiger partial charge in [-0.2, -0.15) is 8.78 Å². The Morgan fingerprint density at radius 1 is 1.41 bits per heavy atom. The van der Waals surface area contributed by atoms with Crippen molar-refractivity contribution in [1.29, 1.82) is 0 Å². The second-order valence-electron chi connectivity index (χ2n) is 7.80. The van der Waals surface area contributed by atoms with Gasteiger partial charge in [-0.1, -0.05) is 26.0 Å². The van der Waals surface area contributed by atoms with Gasteiger partial charge in [-0.3, -0.25) is 4.79 Å². The van der Waals surface area contributed by atoms with Crippen LogP contribution in [0.4, 0.5) is 8.78 Å². The number of aliphatic hydroxyl groups excluding tert-OH is 2. The Kier molecular flexibility index (Phi) is 8.23. The highest BCUT2D eigenvalue weighted by atomic mass is 19.3. The SMILES string of the molecule is CCC#CC[C@H](C)[C@H](O)/C=C/[C@@H]1[C@@H]2[C@@H](C[C@H]1O)O/C(=C\CCCC(=O)O)C2(F)F. The third-order valence-corrected chi connectivity index (χ3v) is 5.52. The molecule has 0 aromatic heterocycles. The van der Waals surface area contributed by atoms with Gasteiger partial charge in [0.1, 0.15) is 6.10 Å². The molecule has 3 N–H and O–H groups in total. The predicted octanol–water partition coefficient (Wildman–Crippen LogP) is 3.51. The van der Waals surface area contributed by atoms with Crippen molar-refractivity contribution in [3.63, 3.8) is 0 Å². The van der Waals surface area contributed by atoms with Crippen LogP contribution in [-0.4, -0.2) is 45.5 Å². The van der Waals surface area contributed by atoms with Crippen molar-refractivity contribution in [2.45, 2.75) is 76.6 Å². The molecule has 2 rings (SSSR count). The third kappa shape index (κ3) is 5.80. The number of carbonyl (C=O) groups is 1. The lowest BCUT2D eigenvalue weighted by atomic mass is 9.87. The standard InChI is InChI=1S/C22H30F2O5/c1-3-4-5-8-14(2)16(25)12-11-15-17(26)13-18-21(15)22(23,24)19(29-18)9-6-7-10-20(27)28/h9,11-12,14-18,21,25-26H,3,6-8,10,13H2,1-2H3,(H,27,28)/b12-11+,19-9-/t14-,15-,16+,17+,18+,21+/m0/s1. The first-order chi connectivity index (χ1) is 13.7. The number of unbranched alkanes of at least 4 members (excludes halogenated alkanes) is 1. The summed E-state index contributed by atoms with van der Waals surface area (Å²) in [4.78, 5) is 10.5. The van der Waals surface area contributed by atoms with E-state index in [0.717, 1.165) is 6.42 Å². The second-order valence-corrected chi connectivity index (χ2v) is 7.80. The number of carboxylic acids is 1. The van der Waals surface area contributed by atoms with Gasteiger partial charge >= 0.3 is 11.9 Å². The summed E-state index contributed by atoms with van der Waals surface area (Å²) in [5, 5.41) is 29.2. The van der Waals surface area contributed by atoms with E-state index in [9.17, 15) is 23.8 Å². The molecule has 0 aromatic rings. The van der Waals surface area contributed by atoms with Crippen molar-refractivity contribution < 1.29 is 33.6 Å². The molecule has 0 amide bonds. The van der Waals surface area contributed by atoms with Crippen LogP contribution in [0.5, 0.6) is 0 Å². The van der Waals surface area contributed by atoms with Crippen molar-refractivity contribution in [2.24, 2.45) is 17.8 Å². The van der Waals surface area contributed by atoms with Crippen LogP contribution in [0, 0.1) is 29.6 Å². The average molecular weight is 412 g/mol. The van der Waals surface area contributed by atoms with Crippen LogP contribution in [-0.2, 0) is 9.53 Å². The van der Waals surface area contributed by atoms with Crippen LogP contribution < -0.4 is 0 Å². The monoisotopic (exact) mass is 412 g/mol. The molecule has 162 valence electrons. The maximum absolute atomic E-state index is 14.9. The summed E-state index contributed by atoms with van der Waals surface area (Å²) in [5.74, 6) is -0.947. The molecule has 1 heterocycles. The molecule has 5 nitrogen and oxygen atoms in total. The molecule has 6 atom stereocenters. The van der Waals surface area contributed by atoms with Gasteiger partial charge in [-0.25, -0.2) is 0 Å². The maximum Gasteiger partial charge on any atom is 0.310 e. The summed E-state index contributed by atoms with van der Waals surface area (Å²) in [6, 6.07) is 0. The Balaban J connectivity index is 2.05. The van der Waals surface area contributed by atoms with Crippen molar-refractivity contribution in [1.82, 2.24) is 0 Å². The fourth-order valence-electron chi connectivity index (χ4n) is 3.86. The molecule has 7 heteroatoms. The summed E-state index contributed by atoms with van der Waals surface area (Å²) in [7, 11) is 0. The van der Waals surface area contributed by atoms with Crippen LogP contribution >= 0.6 is 0 Å². The van der Waals surface area contributed by atoms with E-state index in [4.69, 9.17) is 9.84 Å². The van der Waals surface area contributed by atoms with Gasteiger partial charge in [-0.15, -0.1) is 11.8 Å². The molecule has 0 aromatic carbocycles. The topological polar surface area (TPSA) is 87.0 Å². The van der Waals surface area contributed by atoms with Gasteiger partial charge in [-0.05, 0) is 24.8 Å². The highest BCUT2D eigenvalue weighted by Gasteiger charge is 2.63. The van der Waals surface area contributed by atoms with Crippen LogP contribution in [0.3, 0.4) is 0 Å². The summed E-state index contributed by atoms with van der Waals surface area (Å²) in [6.07, 6.45) is 3.28. The summed E-state index contributed by atoms with van der Waals surface area (Å²) < 4.78 is 35.3. The fraction of sp³-hybridized carbons (Fsp3) is 0.682. The number of fused-ring (bicyclic) bond motifs is 1. The molecule has 2 aliphatic rings. The van der Waals surface area contributed by atoms with E-state index in [2.05, 4.69) is 11.8 Å². The minimum absolute atomic E-state index is 0.0923. The molecule has 1 aliphatic heterocycles. The Labute approximate surface area is 170 Å². The van der Waals surface area contributed by atoms with Crippen molar-refractivity contribution >= 4 is 5.97 Å². The minimum atomic E-state index is -3.25. The first-order valence-electron chi connectivity index (χ1n) is 10.2. The molecule has 2 fully saturated rings. The van der Waals surface area contributed by atoms with Crippen molar-refractivity contribution in [3.05, 3.63) is 24.0 Å². The fourth-order valence-corrected chi connectivity index (χ4v) is 3.86. The highest BCUT2D eigenvalue weighted by molar-refractivity contribution is 5.66. The van der Waals surface area contributed by atoms with Crippen LogP contribution in [0.1, 0.15) is 52.4 Å². The molecule has 0 unspecified atom stereocenters. The Morgan fingerprint density at radius 2 is 2.14 bits per heavy atom. The zero-order valence-corrected chi connectivity index (χ0v) is 16.9. The second kappa shape index (κ2) is 10.2. The van der Waals surface area contributed by atoms with Gasteiger partial charge in [0.2, 0.25) is 0 Å². The number of allylic oxidation sites excluding steroid dienone is 2. The number of alkyl halides is 2. The number of hydrogen-bond acceptors (Lipinski definition) is 4. The molecule has 1 saturated carbocycles. The number of carboxylic acid groups (broad SMARTS) is 1. The number of rotatable bonds is 8. The first-order valence-corrected chi connectivity index (χ1v) is 10.2. The zero-order valence-electron chi connectivity index (χ0n) is 16.9. The van der Waals surface area contributed by atoms with Crippen LogP contribution in [0.25, 0.3) is 0 Å². The lowest BCUT2D eigenvalue weighted by Crippen LogP contribution is -2.33. The first kappa shape index (κ1) is 23.4. The quantitative estimate of drug-likeness (QED) is 0.323. The largest absolute Gasteiger partial charge is 0.488 e. The van der Waals surface area contributed by atoms with Gasteiger partial charge in [0.15, 0.2) is 5.76 Å². The molecule has 0 bridgehead atoms.